The number of benzene rings is 3. The topological polar surface area (TPSA) is 3.24 Å². The maximum absolute atomic E-state index is 13.9. The van der Waals surface area contributed by atoms with Crippen LogP contribution in [-0.2, 0) is 12.5 Å². The summed E-state index contributed by atoms with van der Waals surface area (Å²) in [6.07, 6.45) is -13.8. The maximum atomic E-state index is 13.9. The molecule has 3 aromatic rings. The Labute approximate surface area is 194 Å². The van der Waals surface area contributed by atoms with Gasteiger partial charge in [0.2, 0.25) is 0 Å². The molecule has 3 aromatic carbocycles. The molecule has 0 N–H and O–H groups in total. The summed E-state index contributed by atoms with van der Waals surface area (Å²) in [5.41, 5.74) is -7.05. The van der Waals surface area contributed by atoms with E-state index in [4.69, 9.17) is 30.2 Å². The van der Waals surface area contributed by atoms with Crippen molar-refractivity contribution in [3.05, 3.63) is 89.2 Å². The van der Waals surface area contributed by atoms with Crippen molar-refractivity contribution < 1.29 is 43.3 Å². The highest BCUT2D eigenvalue weighted by Crippen LogP contribution is 2.32. The van der Waals surface area contributed by atoms with E-state index in [-0.39, 0.29) is 0 Å². The highest BCUT2D eigenvalue weighted by atomic mass is 19.4. The van der Waals surface area contributed by atoms with Crippen LogP contribution < -0.4 is 0 Å². The van der Waals surface area contributed by atoms with Gasteiger partial charge in [0.1, 0.15) is 0 Å². The molecule has 144 valence electrons. The minimum absolute atomic E-state index is 0.741. The number of rotatable bonds is 4. The number of hydrogen-bond acceptors (Lipinski definition) is 1. The summed E-state index contributed by atoms with van der Waals surface area (Å²) >= 11 is 0. The first-order valence-corrected chi connectivity index (χ1v) is 7.49. The molecule has 28 heavy (non-hydrogen) atoms. The standard InChI is InChI=1S/C24H22F3N/c25-24(26,27)23-7-3-6-22(17-23)20-11-14-28(15-12-20)13-10-18-8-9-19-4-1-2-5-21(19)16-18/h1-9,11,16-17H,10,12-15H2/i1D,2D,3D,4D,5D,6D,7D,8D,9D,10D2,11D,12D2,13D2,14D2,15D2,16D,17D. The molecule has 0 atom stereocenters. The SMILES string of the molecule is [2H]C1=C(c2c([2H])c([2H])c([2H])c(C(F)(F)F)c2[2H])C([2H])([2H])C([2H])([2H])N(C([2H])([2H])C([2H])([2H])c2c([2H])c([2H])c3c([2H])c([2H])c([2H])c([2H])c3c2[2H])C1([2H])[2H]. The quantitative estimate of drug-likeness (QED) is 0.502. The Hall–Kier alpha value is -2.59. The molecule has 0 saturated carbocycles. The fraction of sp³-hybridized carbons (Fsp3) is 0.250. The van der Waals surface area contributed by atoms with Gasteiger partial charge in [0.15, 0.2) is 0 Å². The molecule has 0 unspecified atom stereocenters. The van der Waals surface area contributed by atoms with Crippen LogP contribution in [0.3, 0.4) is 0 Å². The van der Waals surface area contributed by atoms with Crippen molar-refractivity contribution in [1.29, 1.82) is 0 Å². The Morgan fingerprint density at radius 2 is 1.82 bits per heavy atom. The van der Waals surface area contributed by atoms with Gasteiger partial charge in [-0.25, -0.2) is 0 Å². The summed E-state index contributed by atoms with van der Waals surface area (Å²) in [5, 5.41) is -1.61. The highest BCUT2D eigenvalue weighted by molar-refractivity contribution is 5.83. The molecule has 1 heterocycles. The zero-order valence-corrected chi connectivity index (χ0v) is 13.6. The molecule has 0 aromatic heterocycles. The van der Waals surface area contributed by atoms with Gasteiger partial charge in [-0.3, -0.25) is 4.90 Å². The Morgan fingerprint density at radius 3 is 2.64 bits per heavy atom. The van der Waals surface area contributed by atoms with Gasteiger partial charge in [-0.2, -0.15) is 13.2 Å². The third-order valence-corrected chi connectivity index (χ3v) is 3.29. The van der Waals surface area contributed by atoms with Crippen LogP contribution in [0, 0.1) is 0 Å². The summed E-state index contributed by atoms with van der Waals surface area (Å²) in [4.78, 5) is -0.801. The van der Waals surface area contributed by atoms with E-state index >= 15 is 0 Å². The Balaban J connectivity index is 2.13. The van der Waals surface area contributed by atoms with Crippen LogP contribution in [0.2, 0.25) is 0 Å². The number of hydrogen-bond donors (Lipinski definition) is 0. The number of alkyl halides is 3. The van der Waals surface area contributed by atoms with Crippen LogP contribution in [-0.4, -0.2) is 24.4 Å². The maximum Gasteiger partial charge on any atom is 0.416 e. The van der Waals surface area contributed by atoms with Gasteiger partial charge >= 0.3 is 6.18 Å². The third kappa shape index (κ3) is 4.28. The molecule has 4 heteroatoms. The van der Waals surface area contributed by atoms with E-state index < -0.39 is 149 Å². The van der Waals surface area contributed by atoms with Gasteiger partial charge < -0.3 is 0 Å². The fourth-order valence-electron chi connectivity index (χ4n) is 2.03. The normalized spacial score (nSPS) is 33.7. The van der Waals surface area contributed by atoms with Gasteiger partial charge in [0.25, 0.3) is 0 Å². The molecule has 0 radical (unpaired) electrons. The molecule has 0 aliphatic carbocycles. The summed E-state index contributed by atoms with van der Waals surface area (Å²) < 4.78 is 226. The predicted octanol–water partition coefficient (Wildman–Crippen LogP) is 6.19. The molecule has 1 aliphatic rings. The molecule has 1 aliphatic heterocycles. The van der Waals surface area contributed by atoms with Crippen LogP contribution >= 0.6 is 0 Å². The van der Waals surface area contributed by atoms with Crippen molar-refractivity contribution in [2.24, 2.45) is 0 Å². The number of halogens is 3. The lowest BCUT2D eigenvalue weighted by molar-refractivity contribution is -0.137. The van der Waals surface area contributed by atoms with Crippen LogP contribution in [0.25, 0.3) is 16.3 Å². The van der Waals surface area contributed by atoms with Crippen molar-refractivity contribution in [2.45, 2.75) is 18.9 Å². The lowest BCUT2D eigenvalue weighted by Crippen LogP contribution is -2.30. The van der Waals surface area contributed by atoms with Crippen molar-refractivity contribution in [3.8, 4) is 0 Å². The van der Waals surface area contributed by atoms with E-state index in [2.05, 4.69) is 0 Å². The zero-order valence-electron chi connectivity index (χ0n) is 35.6. The molecule has 0 amide bonds. The molecule has 0 fully saturated rings. The van der Waals surface area contributed by atoms with E-state index in [0.29, 0.717) is 0 Å². The van der Waals surface area contributed by atoms with Crippen LogP contribution in [0.1, 0.15) is 53.2 Å². The first-order chi connectivity index (χ1) is 22.3. The first-order valence-electron chi connectivity index (χ1n) is 18.5. The molecule has 0 spiro atoms. The average Bonchev–Trinajstić information content (AvgIpc) is 2.95. The zero-order chi connectivity index (χ0) is 39.0. The van der Waals surface area contributed by atoms with Crippen LogP contribution in [0.5, 0.6) is 0 Å². The van der Waals surface area contributed by atoms with E-state index in [1.807, 2.05) is 0 Å². The fourth-order valence-corrected chi connectivity index (χ4v) is 2.03. The van der Waals surface area contributed by atoms with Gasteiger partial charge in [-0.15, -0.1) is 0 Å². The van der Waals surface area contributed by atoms with Crippen LogP contribution in [0.15, 0.2) is 72.5 Å². The lowest BCUT2D eigenvalue weighted by atomic mass is 9.97. The lowest BCUT2D eigenvalue weighted by Gasteiger charge is -2.26. The van der Waals surface area contributed by atoms with E-state index in [1.165, 1.54) is 0 Å². The number of fused-ring (bicyclic) bond motifs is 1. The molecular formula is C24H22F3N. The molecule has 0 bridgehead atoms. The second-order valence-electron chi connectivity index (χ2n) is 5.17. The van der Waals surface area contributed by atoms with Gasteiger partial charge in [0, 0.05) is 33.2 Å². The minimum atomic E-state index is -5.59. The summed E-state index contributed by atoms with van der Waals surface area (Å²) in [6, 6.07) is -16.2. The average molecular weight is 404 g/mol. The second-order valence-corrected chi connectivity index (χ2v) is 5.17. The molecule has 0 saturated heterocycles. The monoisotopic (exact) mass is 403 g/mol. The van der Waals surface area contributed by atoms with E-state index in [9.17, 15) is 13.2 Å². The third-order valence-electron chi connectivity index (χ3n) is 3.29. The van der Waals surface area contributed by atoms with Crippen molar-refractivity contribution in [2.75, 3.05) is 19.5 Å². The summed E-state index contributed by atoms with van der Waals surface area (Å²) in [5.74, 6) is 0. The molecule has 4 rings (SSSR count). The van der Waals surface area contributed by atoms with Crippen molar-refractivity contribution in [3.63, 3.8) is 0 Å². The van der Waals surface area contributed by atoms with E-state index in [1.54, 1.807) is 0 Å². The Kier molecular flexibility index (Phi) is 1.66. The Bertz CT molecular complexity index is 2020. The molecular weight excluding hydrogens is 359 g/mol. The van der Waals surface area contributed by atoms with Gasteiger partial charge in [0.05, 0.1) is 22.0 Å². The van der Waals surface area contributed by atoms with Gasteiger partial charge in [-0.05, 0) is 52.3 Å². The summed E-state index contributed by atoms with van der Waals surface area (Å²) in [6.45, 7) is -12.8. The molecule has 1 nitrogen and oxygen atoms in total. The van der Waals surface area contributed by atoms with Crippen LogP contribution in [0.4, 0.5) is 13.2 Å². The smallest absolute Gasteiger partial charge is 0.299 e. The van der Waals surface area contributed by atoms with E-state index in [0.717, 1.165) is 0 Å². The highest BCUT2D eigenvalue weighted by Gasteiger charge is 2.30. The Morgan fingerprint density at radius 1 is 1.00 bits per heavy atom. The largest absolute Gasteiger partial charge is 0.416 e. The predicted molar refractivity (Wildman–Crippen MR) is 108 cm³/mol. The van der Waals surface area contributed by atoms with Crippen molar-refractivity contribution >= 4 is 16.3 Å². The van der Waals surface area contributed by atoms with Gasteiger partial charge in [-0.1, -0.05) is 60.4 Å². The second kappa shape index (κ2) is 7.80. The van der Waals surface area contributed by atoms with Crippen molar-refractivity contribution in [1.82, 2.24) is 4.90 Å². The summed E-state index contributed by atoms with van der Waals surface area (Å²) in [7, 11) is 0. The first kappa shape index (κ1) is 5.96. The minimum Gasteiger partial charge on any atom is -0.299 e. The number of nitrogens with zero attached hydrogens (tertiary/aromatic N) is 1.